The summed E-state index contributed by atoms with van der Waals surface area (Å²) in [4.78, 5) is 27.6. The van der Waals surface area contributed by atoms with E-state index in [1.807, 2.05) is 12.1 Å². The van der Waals surface area contributed by atoms with E-state index in [1.54, 1.807) is 19.9 Å². The highest BCUT2D eigenvalue weighted by Gasteiger charge is 2.17. The molecule has 7 heteroatoms. The Morgan fingerprint density at radius 1 is 1.22 bits per heavy atom. The lowest BCUT2D eigenvalue weighted by atomic mass is 10.0. The highest BCUT2D eigenvalue weighted by molar-refractivity contribution is 9.10. The number of carbonyl (C=O) groups is 1. The van der Waals surface area contributed by atoms with Crippen molar-refractivity contribution in [2.24, 2.45) is 0 Å². The predicted molar refractivity (Wildman–Crippen MR) is 104 cm³/mol. The number of aromatic amines is 1. The van der Waals surface area contributed by atoms with Gasteiger partial charge in [0.25, 0.3) is 5.56 Å². The molecule has 2 aromatic carbocycles. The highest BCUT2D eigenvalue weighted by Crippen LogP contribution is 2.23. The standard InChI is InChI=1S/C20H17BrF2N2O2/c1-10-15-7-12(21)3-6-18(15)25-20(27)16(10)9-19(26)24-11(2)14-5-4-13(22)8-17(14)23/h3-8,11H,9H2,1-2H3,(H,24,26)(H,25,27)/t11-/m0/s1. The van der Waals surface area contributed by atoms with Crippen LogP contribution in [0.2, 0.25) is 0 Å². The molecule has 0 fully saturated rings. The van der Waals surface area contributed by atoms with Crippen LogP contribution in [-0.2, 0) is 11.2 Å². The van der Waals surface area contributed by atoms with Crippen LogP contribution in [-0.4, -0.2) is 10.9 Å². The Bertz CT molecular complexity index is 1100. The third kappa shape index (κ3) is 4.08. The molecule has 2 N–H and O–H groups in total. The molecule has 0 saturated carbocycles. The van der Waals surface area contributed by atoms with Gasteiger partial charge in [0, 0.05) is 32.6 Å². The largest absolute Gasteiger partial charge is 0.349 e. The van der Waals surface area contributed by atoms with Crippen LogP contribution >= 0.6 is 15.9 Å². The van der Waals surface area contributed by atoms with Gasteiger partial charge in [0.2, 0.25) is 5.91 Å². The number of carbonyl (C=O) groups excluding carboxylic acids is 1. The Balaban J connectivity index is 1.84. The fraction of sp³-hybridized carbons (Fsp3) is 0.200. The number of fused-ring (bicyclic) bond motifs is 1. The maximum atomic E-state index is 13.9. The Morgan fingerprint density at radius 2 is 1.96 bits per heavy atom. The average molecular weight is 435 g/mol. The van der Waals surface area contributed by atoms with Crippen molar-refractivity contribution in [3.05, 3.63) is 79.5 Å². The van der Waals surface area contributed by atoms with Gasteiger partial charge in [0.05, 0.1) is 12.5 Å². The van der Waals surface area contributed by atoms with E-state index >= 15 is 0 Å². The molecule has 0 bridgehead atoms. The second-order valence-electron chi connectivity index (χ2n) is 6.38. The van der Waals surface area contributed by atoms with Gasteiger partial charge in [-0.3, -0.25) is 9.59 Å². The smallest absolute Gasteiger partial charge is 0.252 e. The third-order valence-corrected chi connectivity index (χ3v) is 5.00. The van der Waals surface area contributed by atoms with E-state index < -0.39 is 23.6 Å². The molecule has 1 aromatic heterocycles. The molecular formula is C20H17BrF2N2O2. The zero-order valence-corrected chi connectivity index (χ0v) is 16.3. The quantitative estimate of drug-likeness (QED) is 0.642. The molecule has 1 atom stereocenters. The molecule has 0 saturated heterocycles. The molecule has 4 nitrogen and oxygen atoms in total. The Labute approximate surface area is 162 Å². The van der Waals surface area contributed by atoms with E-state index in [4.69, 9.17) is 0 Å². The van der Waals surface area contributed by atoms with Gasteiger partial charge in [-0.2, -0.15) is 0 Å². The van der Waals surface area contributed by atoms with Crippen LogP contribution in [0.25, 0.3) is 10.9 Å². The molecule has 0 aliphatic carbocycles. The van der Waals surface area contributed by atoms with Crippen molar-refractivity contribution < 1.29 is 13.6 Å². The molecule has 0 unspecified atom stereocenters. The number of halogens is 3. The summed E-state index contributed by atoms with van der Waals surface area (Å²) in [6.07, 6.45) is -0.142. The minimum Gasteiger partial charge on any atom is -0.349 e. The van der Waals surface area contributed by atoms with Gasteiger partial charge < -0.3 is 10.3 Å². The van der Waals surface area contributed by atoms with Gasteiger partial charge in [-0.15, -0.1) is 0 Å². The molecule has 0 radical (unpaired) electrons. The lowest BCUT2D eigenvalue weighted by molar-refractivity contribution is -0.121. The summed E-state index contributed by atoms with van der Waals surface area (Å²) in [5, 5.41) is 3.49. The highest BCUT2D eigenvalue weighted by atomic mass is 79.9. The first-order valence-corrected chi connectivity index (χ1v) is 9.11. The lowest BCUT2D eigenvalue weighted by Gasteiger charge is -2.16. The fourth-order valence-corrected chi connectivity index (χ4v) is 3.42. The molecule has 0 spiro atoms. The Morgan fingerprint density at radius 3 is 2.67 bits per heavy atom. The van der Waals surface area contributed by atoms with E-state index in [2.05, 4.69) is 26.2 Å². The minimum absolute atomic E-state index is 0.142. The summed E-state index contributed by atoms with van der Waals surface area (Å²) in [6, 6.07) is 8.03. The first kappa shape index (κ1) is 19.2. The number of rotatable bonds is 4. The number of aryl methyl sites for hydroxylation is 1. The van der Waals surface area contributed by atoms with E-state index in [0.29, 0.717) is 16.6 Å². The summed E-state index contributed by atoms with van der Waals surface area (Å²) in [5.74, 6) is -1.83. The van der Waals surface area contributed by atoms with Crippen LogP contribution in [0.1, 0.15) is 29.7 Å². The average Bonchev–Trinajstić information content (AvgIpc) is 2.59. The maximum Gasteiger partial charge on any atom is 0.252 e. The molecule has 1 amide bonds. The van der Waals surface area contributed by atoms with Crippen LogP contribution in [0.3, 0.4) is 0 Å². The van der Waals surface area contributed by atoms with Crippen molar-refractivity contribution in [2.75, 3.05) is 0 Å². The number of aromatic nitrogens is 1. The Kier molecular flexibility index (Phi) is 5.41. The molecule has 3 aromatic rings. The molecular weight excluding hydrogens is 418 g/mol. The summed E-state index contributed by atoms with van der Waals surface area (Å²) >= 11 is 3.40. The summed E-state index contributed by atoms with van der Waals surface area (Å²) in [6.45, 7) is 3.39. The summed E-state index contributed by atoms with van der Waals surface area (Å²) < 4.78 is 27.8. The number of amides is 1. The zero-order chi connectivity index (χ0) is 19.7. The van der Waals surface area contributed by atoms with Gasteiger partial charge in [-0.25, -0.2) is 8.78 Å². The van der Waals surface area contributed by atoms with Gasteiger partial charge >= 0.3 is 0 Å². The van der Waals surface area contributed by atoms with Crippen LogP contribution < -0.4 is 10.9 Å². The van der Waals surface area contributed by atoms with Crippen LogP contribution in [0.4, 0.5) is 8.78 Å². The van der Waals surface area contributed by atoms with Crippen molar-refractivity contribution in [1.29, 1.82) is 0 Å². The van der Waals surface area contributed by atoms with Crippen LogP contribution in [0.15, 0.2) is 45.7 Å². The van der Waals surface area contributed by atoms with Crippen LogP contribution in [0, 0.1) is 18.6 Å². The Hall–Kier alpha value is -2.54. The molecule has 0 aliphatic rings. The van der Waals surface area contributed by atoms with E-state index in [1.165, 1.54) is 6.07 Å². The monoisotopic (exact) mass is 434 g/mol. The van der Waals surface area contributed by atoms with Gasteiger partial charge in [-0.05, 0) is 43.7 Å². The number of pyridine rings is 1. The molecule has 3 rings (SSSR count). The van der Waals surface area contributed by atoms with Crippen molar-refractivity contribution in [1.82, 2.24) is 10.3 Å². The predicted octanol–water partition coefficient (Wildman–Crippen LogP) is 4.30. The van der Waals surface area contributed by atoms with E-state index in [9.17, 15) is 18.4 Å². The van der Waals surface area contributed by atoms with Gasteiger partial charge in [0.1, 0.15) is 11.6 Å². The second-order valence-corrected chi connectivity index (χ2v) is 7.30. The van der Waals surface area contributed by atoms with Crippen molar-refractivity contribution in [2.45, 2.75) is 26.3 Å². The molecule has 1 heterocycles. The van der Waals surface area contributed by atoms with Crippen molar-refractivity contribution >= 4 is 32.7 Å². The van der Waals surface area contributed by atoms with E-state index in [0.717, 1.165) is 22.0 Å². The number of hydrogen-bond donors (Lipinski definition) is 2. The number of nitrogens with one attached hydrogen (secondary N) is 2. The molecule has 0 aliphatic heterocycles. The minimum atomic E-state index is -0.729. The fourth-order valence-electron chi connectivity index (χ4n) is 3.06. The zero-order valence-electron chi connectivity index (χ0n) is 14.7. The third-order valence-electron chi connectivity index (χ3n) is 4.50. The number of hydrogen-bond acceptors (Lipinski definition) is 2. The topological polar surface area (TPSA) is 62.0 Å². The number of benzene rings is 2. The van der Waals surface area contributed by atoms with E-state index in [-0.39, 0.29) is 17.5 Å². The first-order valence-electron chi connectivity index (χ1n) is 8.31. The lowest BCUT2D eigenvalue weighted by Crippen LogP contribution is -2.31. The van der Waals surface area contributed by atoms with Gasteiger partial charge in [0.15, 0.2) is 0 Å². The maximum absolute atomic E-state index is 13.9. The molecule has 140 valence electrons. The summed E-state index contributed by atoms with van der Waals surface area (Å²) in [7, 11) is 0. The SMILES string of the molecule is Cc1c(CC(=O)N[C@@H](C)c2ccc(F)cc2F)c(=O)[nH]c2ccc(Br)cc12. The molecule has 27 heavy (non-hydrogen) atoms. The van der Waals surface area contributed by atoms with Crippen molar-refractivity contribution in [3.63, 3.8) is 0 Å². The second kappa shape index (κ2) is 7.60. The number of H-pyrrole nitrogens is 1. The van der Waals surface area contributed by atoms with Gasteiger partial charge in [-0.1, -0.05) is 22.0 Å². The normalized spacial score (nSPS) is 12.2. The summed E-state index contributed by atoms with van der Waals surface area (Å²) in [5.41, 5.74) is 1.60. The first-order chi connectivity index (χ1) is 12.8. The van der Waals surface area contributed by atoms with Crippen LogP contribution in [0.5, 0.6) is 0 Å². The van der Waals surface area contributed by atoms with Crippen molar-refractivity contribution in [3.8, 4) is 0 Å².